The van der Waals surface area contributed by atoms with E-state index in [2.05, 4.69) is 15.6 Å². The highest BCUT2D eigenvalue weighted by Gasteiger charge is 2.04. The lowest BCUT2D eigenvalue weighted by Gasteiger charge is -2.07. The van der Waals surface area contributed by atoms with E-state index in [0.717, 1.165) is 0 Å². The van der Waals surface area contributed by atoms with E-state index < -0.39 is 0 Å². The Morgan fingerprint density at radius 1 is 0.944 bits per heavy atom. The molecule has 0 unspecified atom stereocenters. The minimum Gasteiger partial charge on any atom is -0.308 e. The van der Waals surface area contributed by atoms with Gasteiger partial charge in [-0.3, -0.25) is 0 Å². The highest BCUT2D eigenvalue weighted by Crippen LogP contribution is 2.18. The van der Waals surface area contributed by atoms with Gasteiger partial charge in [-0.1, -0.05) is 41.4 Å². The van der Waals surface area contributed by atoms with E-state index in [1.54, 1.807) is 12.1 Å². The van der Waals surface area contributed by atoms with Crippen LogP contribution in [0.25, 0.3) is 0 Å². The largest absolute Gasteiger partial charge is 0.323 e. The number of halogens is 2. The molecule has 0 bridgehead atoms. The van der Waals surface area contributed by atoms with Crippen LogP contribution in [-0.4, -0.2) is 11.0 Å². The molecule has 0 fully saturated rings. The lowest BCUT2D eigenvalue weighted by Crippen LogP contribution is -2.19. The van der Waals surface area contributed by atoms with Crippen molar-refractivity contribution in [2.24, 2.45) is 0 Å². The third-order valence-electron chi connectivity index (χ3n) is 2.05. The summed E-state index contributed by atoms with van der Waals surface area (Å²) >= 11 is 11.5. The number of amides is 2. The second-order valence-electron chi connectivity index (χ2n) is 3.45. The Morgan fingerprint density at radius 2 is 1.50 bits per heavy atom. The normalized spacial score (nSPS) is 9.89. The maximum absolute atomic E-state index is 11.7. The SMILES string of the molecule is O=C(Nc1ccccc1)Nc1cc(Cl)nc(Cl)c1. The minimum atomic E-state index is -0.375. The van der Waals surface area contributed by atoms with E-state index >= 15 is 0 Å². The molecule has 0 radical (unpaired) electrons. The number of carbonyl (C=O) groups is 1. The summed E-state index contributed by atoms with van der Waals surface area (Å²) in [5.74, 6) is 0. The molecule has 2 aromatic rings. The number of urea groups is 1. The van der Waals surface area contributed by atoms with Gasteiger partial charge in [0, 0.05) is 11.4 Å². The zero-order chi connectivity index (χ0) is 13.0. The van der Waals surface area contributed by atoms with Crippen LogP contribution in [-0.2, 0) is 0 Å². The number of carbonyl (C=O) groups excluding carboxylic acids is 1. The monoisotopic (exact) mass is 281 g/mol. The first-order chi connectivity index (χ1) is 8.63. The summed E-state index contributed by atoms with van der Waals surface area (Å²) in [6, 6.07) is 11.7. The summed E-state index contributed by atoms with van der Waals surface area (Å²) in [6.07, 6.45) is 0. The topological polar surface area (TPSA) is 54.0 Å². The fourth-order valence-corrected chi connectivity index (χ4v) is 1.81. The Kier molecular flexibility index (Phi) is 4.02. The molecule has 2 amide bonds. The maximum atomic E-state index is 11.7. The third-order valence-corrected chi connectivity index (χ3v) is 2.44. The molecule has 4 nitrogen and oxygen atoms in total. The first-order valence-electron chi connectivity index (χ1n) is 5.09. The summed E-state index contributed by atoms with van der Waals surface area (Å²) in [7, 11) is 0. The molecular formula is C12H9Cl2N3O. The van der Waals surface area contributed by atoms with Crippen LogP contribution in [0.3, 0.4) is 0 Å². The Hall–Kier alpha value is -1.78. The van der Waals surface area contributed by atoms with Gasteiger partial charge in [-0.2, -0.15) is 0 Å². The predicted molar refractivity (Wildman–Crippen MR) is 73.3 cm³/mol. The van der Waals surface area contributed by atoms with Gasteiger partial charge in [-0.25, -0.2) is 9.78 Å². The van der Waals surface area contributed by atoms with E-state index in [-0.39, 0.29) is 16.3 Å². The molecule has 2 rings (SSSR count). The van der Waals surface area contributed by atoms with Crippen LogP contribution < -0.4 is 10.6 Å². The number of hydrogen-bond donors (Lipinski definition) is 2. The number of nitrogens with one attached hydrogen (secondary N) is 2. The molecule has 0 aliphatic carbocycles. The Labute approximate surface area is 114 Å². The van der Waals surface area contributed by atoms with Gasteiger partial charge in [0.1, 0.15) is 10.3 Å². The minimum absolute atomic E-state index is 0.220. The molecule has 18 heavy (non-hydrogen) atoms. The number of benzene rings is 1. The molecule has 0 aliphatic heterocycles. The number of nitrogens with zero attached hydrogens (tertiary/aromatic N) is 1. The summed E-state index contributed by atoms with van der Waals surface area (Å²) in [6.45, 7) is 0. The molecule has 0 spiro atoms. The van der Waals surface area contributed by atoms with Gasteiger partial charge in [0.2, 0.25) is 0 Å². The van der Waals surface area contributed by atoms with Gasteiger partial charge in [0.25, 0.3) is 0 Å². The Bertz CT molecular complexity index is 540. The van der Waals surface area contributed by atoms with E-state index in [4.69, 9.17) is 23.2 Å². The Balaban J connectivity index is 2.03. The van der Waals surface area contributed by atoms with Crippen molar-refractivity contribution in [3.05, 3.63) is 52.8 Å². The zero-order valence-electron chi connectivity index (χ0n) is 9.15. The fourth-order valence-electron chi connectivity index (χ4n) is 1.35. The molecule has 1 aromatic heterocycles. The van der Waals surface area contributed by atoms with E-state index in [1.165, 1.54) is 12.1 Å². The second kappa shape index (κ2) is 5.71. The lowest BCUT2D eigenvalue weighted by molar-refractivity contribution is 0.262. The van der Waals surface area contributed by atoms with Gasteiger partial charge >= 0.3 is 6.03 Å². The average molecular weight is 282 g/mol. The van der Waals surface area contributed by atoms with Crippen molar-refractivity contribution < 1.29 is 4.79 Å². The predicted octanol–water partition coefficient (Wildman–Crippen LogP) is 4.03. The smallest absolute Gasteiger partial charge is 0.308 e. The Morgan fingerprint density at radius 3 is 2.11 bits per heavy atom. The summed E-state index contributed by atoms with van der Waals surface area (Å²) in [5.41, 5.74) is 1.18. The molecule has 0 atom stereocenters. The van der Waals surface area contributed by atoms with Gasteiger partial charge in [0.05, 0.1) is 0 Å². The second-order valence-corrected chi connectivity index (χ2v) is 4.22. The molecule has 2 N–H and O–H groups in total. The summed E-state index contributed by atoms with van der Waals surface area (Å²) < 4.78 is 0. The molecule has 0 aliphatic rings. The van der Waals surface area contributed by atoms with Crippen LogP contribution in [0.5, 0.6) is 0 Å². The van der Waals surface area contributed by atoms with Crippen molar-refractivity contribution in [1.82, 2.24) is 4.98 Å². The first-order valence-corrected chi connectivity index (χ1v) is 5.85. The summed E-state index contributed by atoms with van der Waals surface area (Å²) in [5, 5.41) is 5.73. The van der Waals surface area contributed by atoms with Gasteiger partial charge < -0.3 is 10.6 Å². The molecule has 1 heterocycles. The van der Waals surface area contributed by atoms with Gasteiger partial charge in [-0.05, 0) is 24.3 Å². The quantitative estimate of drug-likeness (QED) is 0.817. The highest BCUT2D eigenvalue weighted by atomic mass is 35.5. The van der Waals surface area contributed by atoms with Crippen LogP contribution in [0.15, 0.2) is 42.5 Å². The van der Waals surface area contributed by atoms with Crippen molar-refractivity contribution >= 4 is 40.6 Å². The third kappa shape index (κ3) is 3.61. The van der Waals surface area contributed by atoms with Gasteiger partial charge in [0.15, 0.2) is 0 Å². The number of rotatable bonds is 2. The summed E-state index contributed by atoms with van der Waals surface area (Å²) in [4.78, 5) is 15.5. The van der Waals surface area contributed by atoms with Crippen molar-refractivity contribution in [2.45, 2.75) is 0 Å². The highest BCUT2D eigenvalue weighted by molar-refractivity contribution is 6.33. The first kappa shape index (κ1) is 12.7. The molecule has 0 saturated heterocycles. The fraction of sp³-hybridized carbons (Fsp3) is 0. The van der Waals surface area contributed by atoms with Crippen molar-refractivity contribution in [3.63, 3.8) is 0 Å². The van der Waals surface area contributed by atoms with Crippen LogP contribution in [0.1, 0.15) is 0 Å². The molecule has 1 aromatic carbocycles. The molecular weight excluding hydrogens is 273 g/mol. The average Bonchev–Trinajstić information content (AvgIpc) is 2.28. The molecule has 0 saturated carbocycles. The van der Waals surface area contributed by atoms with Crippen LogP contribution in [0, 0.1) is 0 Å². The molecule has 6 heteroatoms. The van der Waals surface area contributed by atoms with Crippen LogP contribution in [0.4, 0.5) is 16.2 Å². The van der Waals surface area contributed by atoms with Crippen molar-refractivity contribution in [1.29, 1.82) is 0 Å². The standard InChI is InChI=1S/C12H9Cl2N3O/c13-10-6-9(7-11(14)17-10)16-12(18)15-8-4-2-1-3-5-8/h1-7H,(H2,15,16,17,18). The van der Waals surface area contributed by atoms with E-state index in [0.29, 0.717) is 11.4 Å². The number of anilines is 2. The van der Waals surface area contributed by atoms with Crippen molar-refractivity contribution in [3.8, 4) is 0 Å². The van der Waals surface area contributed by atoms with E-state index in [1.807, 2.05) is 18.2 Å². The number of aromatic nitrogens is 1. The van der Waals surface area contributed by atoms with Gasteiger partial charge in [-0.15, -0.1) is 0 Å². The van der Waals surface area contributed by atoms with Crippen LogP contribution >= 0.6 is 23.2 Å². The lowest BCUT2D eigenvalue weighted by atomic mass is 10.3. The van der Waals surface area contributed by atoms with Crippen LogP contribution in [0.2, 0.25) is 10.3 Å². The number of pyridine rings is 1. The van der Waals surface area contributed by atoms with E-state index in [9.17, 15) is 4.79 Å². The maximum Gasteiger partial charge on any atom is 0.323 e. The number of hydrogen-bond acceptors (Lipinski definition) is 2. The van der Waals surface area contributed by atoms with Crippen molar-refractivity contribution in [2.75, 3.05) is 10.6 Å². The number of para-hydroxylation sites is 1. The zero-order valence-corrected chi connectivity index (χ0v) is 10.7. The molecule has 92 valence electrons.